The summed E-state index contributed by atoms with van der Waals surface area (Å²) in [5.41, 5.74) is -0.0285. The number of carbonyl (C=O) groups is 2. The van der Waals surface area contributed by atoms with Crippen LogP contribution in [0.3, 0.4) is 0 Å². The molecule has 2 atom stereocenters. The molecule has 0 radical (unpaired) electrons. The van der Waals surface area contributed by atoms with Gasteiger partial charge in [0.05, 0.1) is 6.04 Å². The van der Waals surface area contributed by atoms with E-state index in [1.54, 1.807) is 6.92 Å². The average molecular weight is 309 g/mol. The normalized spacial score (nSPS) is 19.4. The minimum atomic E-state index is -0.438. The Morgan fingerprint density at radius 2 is 1.82 bits per heavy atom. The largest absolute Gasteiger partial charge is 0.509 e. The minimum absolute atomic E-state index is 0.0285. The Labute approximate surface area is 134 Å². The van der Waals surface area contributed by atoms with E-state index in [1.807, 2.05) is 0 Å². The molecule has 22 heavy (non-hydrogen) atoms. The molecule has 1 heterocycles. The lowest BCUT2D eigenvalue weighted by Crippen LogP contribution is -2.26. The van der Waals surface area contributed by atoms with Crippen LogP contribution in [0.1, 0.15) is 78.6 Å². The summed E-state index contributed by atoms with van der Waals surface area (Å²) >= 11 is 0. The zero-order valence-electron chi connectivity index (χ0n) is 14.3. The van der Waals surface area contributed by atoms with E-state index in [4.69, 9.17) is 0 Å². The summed E-state index contributed by atoms with van der Waals surface area (Å²) in [6, 6.07) is -0.438. The number of aliphatic hydroxyl groups excluding tert-OH is 1. The SMILES string of the molecule is CCCCCCCC[C@H](C)CCC(=O)C1=C(O)[C@H](C)NC1=O. The molecule has 126 valence electrons. The molecule has 0 aromatic heterocycles. The molecule has 0 saturated carbocycles. The summed E-state index contributed by atoms with van der Waals surface area (Å²) in [5.74, 6) is -0.272. The number of carbonyl (C=O) groups excluding carboxylic acids is 2. The molecule has 1 rings (SSSR count). The third-order valence-corrected chi connectivity index (χ3v) is 4.43. The molecule has 0 aromatic rings. The van der Waals surface area contributed by atoms with Gasteiger partial charge >= 0.3 is 0 Å². The van der Waals surface area contributed by atoms with Crippen molar-refractivity contribution in [2.24, 2.45) is 5.92 Å². The van der Waals surface area contributed by atoms with Gasteiger partial charge in [0.1, 0.15) is 11.3 Å². The van der Waals surface area contributed by atoms with Gasteiger partial charge in [0.25, 0.3) is 5.91 Å². The molecule has 0 saturated heterocycles. The van der Waals surface area contributed by atoms with Gasteiger partial charge in [0, 0.05) is 6.42 Å². The topological polar surface area (TPSA) is 66.4 Å². The maximum Gasteiger partial charge on any atom is 0.258 e. The maximum absolute atomic E-state index is 12.1. The zero-order chi connectivity index (χ0) is 16.5. The summed E-state index contributed by atoms with van der Waals surface area (Å²) < 4.78 is 0. The van der Waals surface area contributed by atoms with Crippen LogP contribution in [0.4, 0.5) is 0 Å². The molecule has 4 nitrogen and oxygen atoms in total. The zero-order valence-corrected chi connectivity index (χ0v) is 14.3. The highest BCUT2D eigenvalue weighted by Gasteiger charge is 2.32. The molecule has 0 aromatic carbocycles. The van der Waals surface area contributed by atoms with E-state index in [2.05, 4.69) is 19.2 Å². The van der Waals surface area contributed by atoms with Crippen LogP contribution in [0.25, 0.3) is 0 Å². The van der Waals surface area contributed by atoms with Crippen LogP contribution in [0.15, 0.2) is 11.3 Å². The fourth-order valence-corrected chi connectivity index (χ4v) is 2.86. The van der Waals surface area contributed by atoms with E-state index in [1.165, 1.54) is 38.5 Å². The first-order valence-electron chi connectivity index (χ1n) is 8.74. The van der Waals surface area contributed by atoms with E-state index in [0.717, 1.165) is 12.8 Å². The number of ketones is 1. The Morgan fingerprint density at radius 1 is 1.18 bits per heavy atom. The Hall–Kier alpha value is -1.32. The Morgan fingerprint density at radius 3 is 2.41 bits per heavy atom. The molecule has 1 aliphatic heterocycles. The fraction of sp³-hybridized carbons (Fsp3) is 0.778. The summed E-state index contributed by atoms with van der Waals surface area (Å²) in [6.07, 6.45) is 9.96. The predicted octanol–water partition coefficient (Wildman–Crippen LogP) is 4.05. The van der Waals surface area contributed by atoms with Gasteiger partial charge in [-0.1, -0.05) is 58.8 Å². The Kier molecular flexibility index (Phi) is 8.21. The highest BCUT2D eigenvalue weighted by atomic mass is 16.3. The minimum Gasteiger partial charge on any atom is -0.509 e. The molecule has 0 bridgehead atoms. The molecule has 0 spiro atoms. The molecule has 1 amide bonds. The summed E-state index contributed by atoms with van der Waals surface area (Å²) in [5, 5.41) is 12.3. The van der Waals surface area contributed by atoms with Crippen molar-refractivity contribution in [1.29, 1.82) is 0 Å². The number of nitrogens with one attached hydrogen (secondary N) is 1. The van der Waals surface area contributed by atoms with Crippen molar-refractivity contribution in [3.05, 3.63) is 11.3 Å². The third-order valence-electron chi connectivity index (χ3n) is 4.43. The Bertz CT molecular complexity index is 415. The molecule has 0 aliphatic carbocycles. The molecule has 0 fully saturated rings. The van der Waals surface area contributed by atoms with E-state index < -0.39 is 11.9 Å². The number of hydrogen-bond donors (Lipinski definition) is 2. The van der Waals surface area contributed by atoms with E-state index >= 15 is 0 Å². The van der Waals surface area contributed by atoms with Crippen molar-refractivity contribution >= 4 is 11.7 Å². The van der Waals surface area contributed by atoms with E-state index in [-0.39, 0.29) is 17.1 Å². The van der Waals surface area contributed by atoms with Gasteiger partial charge in [-0.05, 0) is 19.3 Å². The van der Waals surface area contributed by atoms with Crippen LogP contribution in [-0.2, 0) is 9.59 Å². The standard InChI is InChI=1S/C18H31NO3/c1-4-5-6-7-8-9-10-13(2)11-12-15(20)16-17(21)14(3)19-18(16)22/h13-14,21H,4-12H2,1-3H3,(H,19,22)/t13-,14-/m0/s1. The number of aliphatic hydroxyl groups is 1. The predicted molar refractivity (Wildman–Crippen MR) is 88.7 cm³/mol. The van der Waals surface area contributed by atoms with Crippen molar-refractivity contribution in [3.8, 4) is 0 Å². The quantitative estimate of drug-likeness (QED) is 0.447. The molecule has 1 aliphatic rings. The first-order chi connectivity index (χ1) is 10.5. The van der Waals surface area contributed by atoms with Gasteiger partial charge in [-0.25, -0.2) is 0 Å². The van der Waals surface area contributed by atoms with Gasteiger partial charge in [-0.15, -0.1) is 0 Å². The van der Waals surface area contributed by atoms with Gasteiger partial charge in [0.15, 0.2) is 5.78 Å². The smallest absolute Gasteiger partial charge is 0.258 e. The van der Waals surface area contributed by atoms with Crippen molar-refractivity contribution in [1.82, 2.24) is 5.32 Å². The Balaban J connectivity index is 2.22. The van der Waals surface area contributed by atoms with Crippen molar-refractivity contribution in [2.45, 2.75) is 84.6 Å². The lowest BCUT2D eigenvalue weighted by Gasteiger charge is -2.10. The second-order valence-corrected chi connectivity index (χ2v) is 6.58. The molecule has 4 heteroatoms. The van der Waals surface area contributed by atoms with Crippen LogP contribution in [0.5, 0.6) is 0 Å². The number of unbranched alkanes of at least 4 members (excludes halogenated alkanes) is 5. The average Bonchev–Trinajstić information content (AvgIpc) is 2.73. The highest BCUT2D eigenvalue weighted by molar-refractivity contribution is 6.21. The van der Waals surface area contributed by atoms with Crippen LogP contribution in [0.2, 0.25) is 0 Å². The van der Waals surface area contributed by atoms with Crippen LogP contribution >= 0.6 is 0 Å². The lowest BCUT2D eigenvalue weighted by molar-refractivity contribution is -0.122. The summed E-state index contributed by atoms with van der Waals surface area (Å²) in [6.45, 7) is 6.05. The first kappa shape index (κ1) is 18.7. The second-order valence-electron chi connectivity index (χ2n) is 6.58. The first-order valence-corrected chi connectivity index (χ1v) is 8.74. The van der Waals surface area contributed by atoms with Crippen molar-refractivity contribution in [2.75, 3.05) is 0 Å². The second kappa shape index (κ2) is 9.65. The maximum atomic E-state index is 12.1. The van der Waals surface area contributed by atoms with Crippen LogP contribution < -0.4 is 5.32 Å². The van der Waals surface area contributed by atoms with Gasteiger partial charge in [-0.3, -0.25) is 9.59 Å². The monoisotopic (exact) mass is 309 g/mol. The number of amides is 1. The van der Waals surface area contributed by atoms with Crippen molar-refractivity contribution in [3.63, 3.8) is 0 Å². The number of rotatable bonds is 11. The van der Waals surface area contributed by atoms with Crippen molar-refractivity contribution < 1.29 is 14.7 Å². The van der Waals surface area contributed by atoms with Crippen LogP contribution in [-0.4, -0.2) is 22.8 Å². The summed E-state index contributed by atoms with van der Waals surface area (Å²) in [7, 11) is 0. The fourth-order valence-electron chi connectivity index (χ4n) is 2.86. The number of hydrogen-bond acceptors (Lipinski definition) is 3. The molecule has 0 unspecified atom stereocenters. The van der Waals surface area contributed by atoms with E-state index in [9.17, 15) is 14.7 Å². The molecule has 2 N–H and O–H groups in total. The molecular formula is C18H31NO3. The number of Topliss-reactive ketones (excluding diaryl/α,β-unsaturated/α-hetero) is 1. The summed E-state index contributed by atoms with van der Waals surface area (Å²) in [4.78, 5) is 23.7. The lowest BCUT2D eigenvalue weighted by atomic mass is 9.94. The third kappa shape index (κ3) is 5.82. The van der Waals surface area contributed by atoms with Gasteiger partial charge < -0.3 is 10.4 Å². The van der Waals surface area contributed by atoms with Gasteiger partial charge in [0.2, 0.25) is 0 Å². The highest BCUT2D eigenvalue weighted by Crippen LogP contribution is 2.21. The van der Waals surface area contributed by atoms with Crippen LogP contribution in [0, 0.1) is 5.92 Å². The molecular weight excluding hydrogens is 278 g/mol. The van der Waals surface area contributed by atoms with E-state index in [0.29, 0.717) is 12.3 Å². The van der Waals surface area contributed by atoms with Gasteiger partial charge in [-0.2, -0.15) is 0 Å².